The maximum atomic E-state index is 5.07. The molecule has 0 radical (unpaired) electrons. The maximum Gasteiger partial charge on any atom is 0.119 e. The highest BCUT2D eigenvalue weighted by atomic mass is 16.5. The zero-order valence-corrected chi connectivity index (χ0v) is 10.4. The van der Waals surface area contributed by atoms with Gasteiger partial charge in [0, 0.05) is 0 Å². The monoisotopic (exact) mass is 238 g/mol. The van der Waals surface area contributed by atoms with Gasteiger partial charge in [0.25, 0.3) is 0 Å². The molecule has 3 nitrogen and oxygen atoms in total. The number of ether oxygens (including phenoxy) is 1. The number of aryl methyl sites for hydroxylation is 1. The highest BCUT2D eigenvalue weighted by Crippen LogP contribution is 2.17. The predicted molar refractivity (Wildman–Crippen MR) is 73.4 cm³/mol. The highest BCUT2D eigenvalue weighted by molar-refractivity contribution is 5.58. The lowest BCUT2D eigenvalue weighted by molar-refractivity contribution is 0.415. The molecule has 3 heteroatoms. The summed E-state index contributed by atoms with van der Waals surface area (Å²) in [5.74, 6) is 0.810. The molecule has 0 aromatic heterocycles. The maximum absolute atomic E-state index is 5.07. The van der Waals surface area contributed by atoms with E-state index in [1.165, 1.54) is 5.56 Å². The predicted octanol–water partition coefficient (Wildman–Crippen LogP) is 4.14. The summed E-state index contributed by atoms with van der Waals surface area (Å²) in [5.41, 5.74) is 2.85. The largest absolute Gasteiger partial charge is 0.497 e. The van der Waals surface area contributed by atoms with Crippen molar-refractivity contribution in [2.45, 2.75) is 6.92 Å². The van der Waals surface area contributed by atoms with E-state index in [9.17, 15) is 0 Å². The van der Waals surface area contributed by atoms with Gasteiger partial charge in [0.05, 0.1) is 18.5 Å². The number of methoxy groups -OCH3 is 1. The van der Waals surface area contributed by atoms with Gasteiger partial charge in [-0.2, -0.15) is 9.98 Å². The van der Waals surface area contributed by atoms with Gasteiger partial charge in [-0.05, 0) is 43.3 Å². The number of hydrogen-bond acceptors (Lipinski definition) is 3. The van der Waals surface area contributed by atoms with Crippen LogP contribution in [0, 0.1) is 6.92 Å². The Bertz CT molecular complexity index is 564. The minimum Gasteiger partial charge on any atom is -0.497 e. The van der Waals surface area contributed by atoms with Crippen LogP contribution in [-0.4, -0.2) is 13.1 Å². The molecule has 2 aromatic carbocycles. The summed E-state index contributed by atoms with van der Waals surface area (Å²) in [4.78, 5) is 8.26. The van der Waals surface area contributed by atoms with Crippen molar-refractivity contribution in [2.24, 2.45) is 9.98 Å². The van der Waals surface area contributed by atoms with Crippen molar-refractivity contribution in [1.29, 1.82) is 0 Å². The van der Waals surface area contributed by atoms with Crippen molar-refractivity contribution in [3.05, 3.63) is 54.1 Å². The minimum absolute atomic E-state index is 0.798. The zero-order chi connectivity index (χ0) is 12.8. The summed E-state index contributed by atoms with van der Waals surface area (Å²) in [7, 11) is 1.64. The number of rotatable bonds is 3. The second-order valence-electron chi connectivity index (χ2n) is 3.86. The third kappa shape index (κ3) is 3.30. The van der Waals surface area contributed by atoms with Gasteiger partial charge in [-0.1, -0.05) is 17.7 Å². The zero-order valence-electron chi connectivity index (χ0n) is 10.4. The van der Waals surface area contributed by atoms with Crippen molar-refractivity contribution < 1.29 is 4.74 Å². The van der Waals surface area contributed by atoms with Crippen LogP contribution >= 0.6 is 0 Å². The molecule has 0 amide bonds. The van der Waals surface area contributed by atoms with E-state index in [-0.39, 0.29) is 0 Å². The Morgan fingerprint density at radius 3 is 1.83 bits per heavy atom. The van der Waals surface area contributed by atoms with E-state index < -0.39 is 0 Å². The van der Waals surface area contributed by atoms with Crippen LogP contribution in [0.4, 0.5) is 11.4 Å². The fraction of sp³-hybridized carbons (Fsp3) is 0.133. The van der Waals surface area contributed by atoms with Gasteiger partial charge in [-0.3, -0.25) is 0 Å². The van der Waals surface area contributed by atoms with Gasteiger partial charge >= 0.3 is 0 Å². The molecule has 0 unspecified atom stereocenters. The van der Waals surface area contributed by atoms with Crippen LogP contribution in [-0.2, 0) is 0 Å². The molecule has 18 heavy (non-hydrogen) atoms. The topological polar surface area (TPSA) is 34.0 Å². The Kier molecular flexibility index (Phi) is 3.90. The van der Waals surface area contributed by atoms with Gasteiger partial charge < -0.3 is 4.74 Å². The van der Waals surface area contributed by atoms with E-state index in [1.54, 1.807) is 7.11 Å². The van der Waals surface area contributed by atoms with Crippen molar-refractivity contribution >= 4 is 17.4 Å². The molecule has 0 spiro atoms. The molecule has 0 aliphatic heterocycles. The second-order valence-corrected chi connectivity index (χ2v) is 3.86. The van der Waals surface area contributed by atoms with E-state index in [0.29, 0.717) is 0 Å². The van der Waals surface area contributed by atoms with Gasteiger partial charge in [0.1, 0.15) is 11.8 Å². The fourth-order valence-corrected chi connectivity index (χ4v) is 1.42. The van der Waals surface area contributed by atoms with Gasteiger partial charge in [0.15, 0.2) is 0 Å². The summed E-state index contributed by atoms with van der Waals surface area (Å²) < 4.78 is 5.07. The molecule has 0 N–H and O–H groups in total. The van der Waals surface area contributed by atoms with E-state index in [1.807, 2.05) is 55.5 Å². The molecular weight excluding hydrogens is 224 g/mol. The molecule has 0 heterocycles. The Hall–Kier alpha value is -2.38. The summed E-state index contributed by atoms with van der Waals surface area (Å²) in [6.45, 7) is 2.04. The Labute approximate surface area is 106 Å². The molecule has 90 valence electrons. The lowest BCUT2D eigenvalue weighted by Crippen LogP contribution is -1.79. The quantitative estimate of drug-likeness (QED) is 0.740. The van der Waals surface area contributed by atoms with Crippen LogP contribution in [0.25, 0.3) is 0 Å². The standard InChI is InChI=1S/C15H14N2O/c1-12-3-5-13(6-4-12)16-11-17-14-7-9-15(18-2)10-8-14/h3-10H,1-2H3. The molecule has 0 fully saturated rings. The summed E-state index contributed by atoms with van der Waals surface area (Å²) in [6.07, 6.45) is 0. The molecule has 0 aliphatic rings. The van der Waals surface area contributed by atoms with E-state index in [2.05, 4.69) is 16.0 Å². The van der Waals surface area contributed by atoms with E-state index in [0.717, 1.165) is 17.1 Å². The van der Waals surface area contributed by atoms with Crippen LogP contribution in [0.2, 0.25) is 0 Å². The van der Waals surface area contributed by atoms with Crippen LogP contribution < -0.4 is 4.74 Å². The van der Waals surface area contributed by atoms with Gasteiger partial charge in [-0.15, -0.1) is 0 Å². The third-order valence-electron chi connectivity index (χ3n) is 2.46. The molecule has 0 bridgehead atoms. The fourth-order valence-electron chi connectivity index (χ4n) is 1.42. The van der Waals surface area contributed by atoms with Crippen LogP contribution in [0.5, 0.6) is 5.75 Å². The van der Waals surface area contributed by atoms with E-state index >= 15 is 0 Å². The van der Waals surface area contributed by atoms with Crippen molar-refractivity contribution in [1.82, 2.24) is 0 Å². The van der Waals surface area contributed by atoms with Crippen molar-refractivity contribution in [2.75, 3.05) is 7.11 Å². The first-order chi connectivity index (χ1) is 8.78. The van der Waals surface area contributed by atoms with Crippen LogP contribution in [0.3, 0.4) is 0 Å². The molecular formula is C15H14N2O. The normalized spacial score (nSPS) is 9.44. The third-order valence-corrected chi connectivity index (χ3v) is 2.46. The SMILES string of the molecule is COc1ccc(N=C=Nc2ccc(C)cc2)cc1. The molecule has 2 aromatic rings. The first-order valence-corrected chi connectivity index (χ1v) is 5.65. The Morgan fingerprint density at radius 2 is 1.33 bits per heavy atom. The molecule has 0 saturated carbocycles. The number of aliphatic imine (C=N–C) groups is 2. The average Bonchev–Trinajstić information content (AvgIpc) is 2.42. The number of hydrogen-bond donors (Lipinski definition) is 0. The summed E-state index contributed by atoms with van der Waals surface area (Å²) >= 11 is 0. The first-order valence-electron chi connectivity index (χ1n) is 5.65. The molecule has 0 aliphatic carbocycles. The highest BCUT2D eigenvalue weighted by Gasteiger charge is 1.90. The number of nitrogens with zero attached hydrogens (tertiary/aromatic N) is 2. The average molecular weight is 238 g/mol. The second kappa shape index (κ2) is 5.80. The summed E-state index contributed by atoms with van der Waals surface area (Å²) in [5, 5.41) is 0. The molecule has 2 rings (SSSR count). The minimum atomic E-state index is 0.798. The first kappa shape index (κ1) is 12.1. The van der Waals surface area contributed by atoms with E-state index in [4.69, 9.17) is 4.74 Å². The van der Waals surface area contributed by atoms with Crippen LogP contribution in [0.15, 0.2) is 58.5 Å². The lowest BCUT2D eigenvalue weighted by Gasteiger charge is -1.97. The smallest absolute Gasteiger partial charge is 0.119 e. The lowest BCUT2D eigenvalue weighted by atomic mass is 10.2. The molecule has 0 atom stereocenters. The molecule has 0 saturated heterocycles. The Morgan fingerprint density at radius 1 is 0.833 bits per heavy atom. The number of benzene rings is 2. The Balaban J connectivity index is 2.11. The van der Waals surface area contributed by atoms with Gasteiger partial charge in [0.2, 0.25) is 0 Å². The van der Waals surface area contributed by atoms with Crippen LogP contribution in [0.1, 0.15) is 5.56 Å². The summed E-state index contributed by atoms with van der Waals surface area (Å²) in [6, 6.07) is 18.0. The van der Waals surface area contributed by atoms with Crippen molar-refractivity contribution in [3.63, 3.8) is 0 Å². The van der Waals surface area contributed by atoms with Crippen molar-refractivity contribution in [3.8, 4) is 5.75 Å². The van der Waals surface area contributed by atoms with Gasteiger partial charge in [-0.25, -0.2) is 0 Å².